The van der Waals surface area contributed by atoms with E-state index in [1.165, 1.54) is 27.8 Å². The van der Waals surface area contributed by atoms with Gasteiger partial charge < -0.3 is 5.11 Å². The van der Waals surface area contributed by atoms with E-state index in [0.29, 0.717) is 0 Å². The first-order valence-corrected chi connectivity index (χ1v) is 6.64. The highest BCUT2D eigenvalue weighted by molar-refractivity contribution is 5.80. The third-order valence-corrected chi connectivity index (χ3v) is 3.90. The van der Waals surface area contributed by atoms with Crippen LogP contribution in [0, 0.1) is 0 Å². The summed E-state index contributed by atoms with van der Waals surface area (Å²) in [6, 6.07) is 12.5. The standard InChI is InChI=1S/C17H16O2/c1-2-13-12(10-17(18)19)7-8-15-14-6-4-3-5-11(14)9-16(13)15/h3-8H,2,9-10H2,1H3,(H,18,19). The SMILES string of the molecule is CCc1c(CC(=O)O)ccc2c1Cc1ccccc1-2. The normalized spacial score (nSPS) is 12.1. The summed E-state index contributed by atoms with van der Waals surface area (Å²) in [7, 11) is 0. The molecule has 2 aromatic rings. The number of carboxylic acid groups (broad SMARTS) is 1. The van der Waals surface area contributed by atoms with E-state index >= 15 is 0 Å². The summed E-state index contributed by atoms with van der Waals surface area (Å²) in [6.45, 7) is 2.10. The molecule has 2 heteroatoms. The zero-order valence-electron chi connectivity index (χ0n) is 10.9. The molecular weight excluding hydrogens is 236 g/mol. The summed E-state index contributed by atoms with van der Waals surface area (Å²) in [5.74, 6) is -0.759. The van der Waals surface area contributed by atoms with Crippen molar-refractivity contribution in [1.29, 1.82) is 0 Å². The van der Waals surface area contributed by atoms with Gasteiger partial charge in [-0.25, -0.2) is 0 Å². The van der Waals surface area contributed by atoms with Crippen molar-refractivity contribution in [2.75, 3.05) is 0 Å². The van der Waals surface area contributed by atoms with Gasteiger partial charge in [-0.2, -0.15) is 0 Å². The molecule has 0 radical (unpaired) electrons. The van der Waals surface area contributed by atoms with Gasteiger partial charge in [0.15, 0.2) is 0 Å². The third kappa shape index (κ3) is 1.93. The molecule has 0 heterocycles. The highest BCUT2D eigenvalue weighted by Gasteiger charge is 2.22. The number of rotatable bonds is 3. The van der Waals surface area contributed by atoms with Gasteiger partial charge in [0.05, 0.1) is 6.42 Å². The molecule has 0 spiro atoms. The number of hydrogen-bond acceptors (Lipinski definition) is 1. The lowest BCUT2D eigenvalue weighted by atomic mass is 9.93. The second kappa shape index (κ2) is 4.54. The van der Waals surface area contributed by atoms with Crippen LogP contribution in [0.15, 0.2) is 36.4 Å². The van der Waals surface area contributed by atoms with Crippen molar-refractivity contribution < 1.29 is 9.90 Å². The molecule has 0 atom stereocenters. The second-order valence-electron chi connectivity index (χ2n) is 4.99. The monoisotopic (exact) mass is 252 g/mol. The quantitative estimate of drug-likeness (QED) is 0.775. The highest BCUT2D eigenvalue weighted by Crippen LogP contribution is 2.39. The molecule has 96 valence electrons. The second-order valence-corrected chi connectivity index (χ2v) is 4.99. The smallest absolute Gasteiger partial charge is 0.307 e. The minimum absolute atomic E-state index is 0.118. The van der Waals surface area contributed by atoms with E-state index in [-0.39, 0.29) is 6.42 Å². The molecule has 0 saturated carbocycles. The van der Waals surface area contributed by atoms with Crippen LogP contribution in [0.1, 0.15) is 29.2 Å². The van der Waals surface area contributed by atoms with Gasteiger partial charge in [-0.15, -0.1) is 0 Å². The predicted molar refractivity (Wildman–Crippen MR) is 75.4 cm³/mol. The minimum atomic E-state index is -0.759. The van der Waals surface area contributed by atoms with E-state index in [1.807, 2.05) is 6.07 Å². The van der Waals surface area contributed by atoms with Gasteiger partial charge in [-0.3, -0.25) is 4.79 Å². The van der Waals surface area contributed by atoms with Crippen molar-refractivity contribution in [3.63, 3.8) is 0 Å². The topological polar surface area (TPSA) is 37.3 Å². The lowest BCUT2D eigenvalue weighted by Crippen LogP contribution is -2.05. The fraction of sp³-hybridized carbons (Fsp3) is 0.235. The van der Waals surface area contributed by atoms with Crippen LogP contribution in [0.2, 0.25) is 0 Å². The van der Waals surface area contributed by atoms with Gasteiger partial charge in [-0.1, -0.05) is 43.3 Å². The summed E-state index contributed by atoms with van der Waals surface area (Å²) in [6.07, 6.45) is 1.94. The lowest BCUT2D eigenvalue weighted by Gasteiger charge is -2.12. The van der Waals surface area contributed by atoms with Gasteiger partial charge in [-0.05, 0) is 46.2 Å². The van der Waals surface area contributed by atoms with Crippen molar-refractivity contribution in [3.05, 3.63) is 58.7 Å². The Hall–Kier alpha value is -2.09. The fourth-order valence-electron chi connectivity index (χ4n) is 3.09. The van der Waals surface area contributed by atoms with Crippen LogP contribution in [-0.2, 0) is 24.1 Å². The molecule has 0 amide bonds. The summed E-state index contributed by atoms with van der Waals surface area (Å²) in [5.41, 5.74) is 7.43. The largest absolute Gasteiger partial charge is 0.481 e. The van der Waals surface area contributed by atoms with Gasteiger partial charge in [0.25, 0.3) is 0 Å². The number of aliphatic carboxylic acids is 1. The van der Waals surface area contributed by atoms with Gasteiger partial charge in [0.1, 0.15) is 0 Å². The van der Waals surface area contributed by atoms with Crippen LogP contribution >= 0.6 is 0 Å². The Labute approximate surface area is 112 Å². The van der Waals surface area contributed by atoms with E-state index in [9.17, 15) is 4.79 Å². The predicted octanol–water partition coefficient (Wildman–Crippen LogP) is 3.45. The summed E-state index contributed by atoms with van der Waals surface area (Å²) >= 11 is 0. The summed E-state index contributed by atoms with van der Waals surface area (Å²) < 4.78 is 0. The highest BCUT2D eigenvalue weighted by atomic mass is 16.4. The average molecular weight is 252 g/mol. The van der Waals surface area contributed by atoms with E-state index in [0.717, 1.165) is 18.4 Å². The fourth-order valence-corrected chi connectivity index (χ4v) is 3.09. The first-order valence-electron chi connectivity index (χ1n) is 6.64. The van der Waals surface area contributed by atoms with Crippen LogP contribution in [0.5, 0.6) is 0 Å². The van der Waals surface area contributed by atoms with Gasteiger partial charge >= 0.3 is 5.97 Å². The average Bonchev–Trinajstić information content (AvgIpc) is 2.76. The van der Waals surface area contributed by atoms with E-state index in [4.69, 9.17) is 5.11 Å². The zero-order valence-corrected chi connectivity index (χ0v) is 10.9. The van der Waals surface area contributed by atoms with Crippen molar-refractivity contribution in [2.24, 2.45) is 0 Å². The molecular formula is C17H16O2. The minimum Gasteiger partial charge on any atom is -0.481 e. The molecule has 0 bridgehead atoms. The number of carboxylic acids is 1. The van der Waals surface area contributed by atoms with Crippen LogP contribution < -0.4 is 0 Å². The van der Waals surface area contributed by atoms with Gasteiger partial charge in [0.2, 0.25) is 0 Å². The maximum atomic E-state index is 11.0. The van der Waals surface area contributed by atoms with E-state index < -0.39 is 5.97 Å². The Kier molecular flexibility index (Phi) is 2.86. The molecule has 1 N–H and O–H groups in total. The lowest BCUT2D eigenvalue weighted by molar-refractivity contribution is -0.136. The molecule has 1 aliphatic carbocycles. The van der Waals surface area contributed by atoms with E-state index in [1.54, 1.807) is 0 Å². The molecule has 0 unspecified atom stereocenters. The Balaban J connectivity index is 2.15. The van der Waals surface area contributed by atoms with Crippen molar-refractivity contribution in [2.45, 2.75) is 26.2 Å². The third-order valence-electron chi connectivity index (χ3n) is 3.90. The zero-order chi connectivity index (χ0) is 13.4. The number of carbonyl (C=O) groups is 1. The number of hydrogen-bond donors (Lipinski definition) is 1. The van der Waals surface area contributed by atoms with Crippen LogP contribution in [0.25, 0.3) is 11.1 Å². The molecule has 3 rings (SSSR count). The Morgan fingerprint density at radius 3 is 2.68 bits per heavy atom. The van der Waals surface area contributed by atoms with Crippen molar-refractivity contribution >= 4 is 5.97 Å². The maximum Gasteiger partial charge on any atom is 0.307 e. The number of benzene rings is 2. The Morgan fingerprint density at radius 1 is 1.16 bits per heavy atom. The molecule has 0 saturated heterocycles. The Bertz CT molecular complexity index is 656. The van der Waals surface area contributed by atoms with Crippen molar-refractivity contribution in [1.82, 2.24) is 0 Å². The summed E-state index contributed by atoms with van der Waals surface area (Å²) in [4.78, 5) is 11.0. The molecule has 2 aromatic carbocycles. The first kappa shape index (κ1) is 12.0. The first-order chi connectivity index (χ1) is 9.20. The Morgan fingerprint density at radius 2 is 1.95 bits per heavy atom. The van der Waals surface area contributed by atoms with Crippen LogP contribution in [0.3, 0.4) is 0 Å². The molecule has 0 aromatic heterocycles. The van der Waals surface area contributed by atoms with E-state index in [2.05, 4.69) is 37.3 Å². The molecule has 0 aliphatic heterocycles. The summed E-state index contributed by atoms with van der Waals surface area (Å²) in [5, 5.41) is 9.01. The molecule has 1 aliphatic rings. The number of fused-ring (bicyclic) bond motifs is 3. The molecule has 0 fully saturated rings. The van der Waals surface area contributed by atoms with Crippen molar-refractivity contribution in [3.8, 4) is 11.1 Å². The van der Waals surface area contributed by atoms with Crippen LogP contribution in [0.4, 0.5) is 0 Å². The van der Waals surface area contributed by atoms with Crippen LogP contribution in [-0.4, -0.2) is 11.1 Å². The molecule has 2 nitrogen and oxygen atoms in total. The molecule has 19 heavy (non-hydrogen) atoms. The maximum absolute atomic E-state index is 11.0. The van der Waals surface area contributed by atoms with Gasteiger partial charge in [0, 0.05) is 0 Å².